The lowest BCUT2D eigenvalue weighted by molar-refractivity contribution is -0.121. The molecule has 1 rings (SSSR count). The van der Waals surface area contributed by atoms with Gasteiger partial charge in [0.25, 0.3) is 0 Å². The van der Waals surface area contributed by atoms with Crippen LogP contribution in [0.1, 0.15) is 50.2 Å². The number of amides is 1. The molecule has 108 valence electrons. The Balaban J connectivity index is 2.43. The minimum Gasteiger partial charge on any atom is -0.384 e. The number of unbranched alkanes of at least 4 members (excludes halogenated alkanes) is 3. The van der Waals surface area contributed by atoms with Gasteiger partial charge in [-0.3, -0.25) is 4.79 Å². The molecule has 0 atom stereocenters. The zero-order valence-corrected chi connectivity index (χ0v) is 12.1. The van der Waals surface area contributed by atoms with Crippen molar-refractivity contribution in [2.24, 2.45) is 0 Å². The van der Waals surface area contributed by atoms with E-state index in [0.717, 1.165) is 24.0 Å². The minimum absolute atomic E-state index is 0.0889. The summed E-state index contributed by atoms with van der Waals surface area (Å²) in [5.41, 5.74) is 1.84. The first-order chi connectivity index (χ1) is 9.77. The van der Waals surface area contributed by atoms with Gasteiger partial charge in [-0.15, -0.1) is 0 Å². The smallest absolute Gasteiger partial charge is 0.220 e. The number of carbonyl (C=O) groups is 1. The molecule has 0 heterocycles. The lowest BCUT2D eigenvalue weighted by Gasteiger charge is -2.07. The van der Waals surface area contributed by atoms with Crippen molar-refractivity contribution in [3.8, 4) is 11.8 Å². The van der Waals surface area contributed by atoms with Crippen LogP contribution in [0.5, 0.6) is 0 Å². The molecular formula is C17H23NO2. The molecule has 1 amide bonds. The maximum atomic E-state index is 11.7. The van der Waals surface area contributed by atoms with Crippen LogP contribution < -0.4 is 5.32 Å². The standard InChI is InChI=1S/C17H23NO2/c1-2-3-4-5-12-17(20)18-14-16-10-7-6-9-15(16)11-8-13-19/h6-7,9-10,19H,2-5,12-14H2,1H3,(H,18,20). The van der Waals surface area contributed by atoms with Crippen LogP contribution in [0.2, 0.25) is 0 Å². The quantitative estimate of drug-likeness (QED) is 0.592. The topological polar surface area (TPSA) is 49.3 Å². The maximum Gasteiger partial charge on any atom is 0.220 e. The van der Waals surface area contributed by atoms with Crippen molar-refractivity contribution in [1.29, 1.82) is 0 Å². The van der Waals surface area contributed by atoms with Gasteiger partial charge in [-0.2, -0.15) is 0 Å². The predicted molar refractivity (Wildman–Crippen MR) is 81.0 cm³/mol. The minimum atomic E-state index is -0.155. The van der Waals surface area contributed by atoms with E-state index in [9.17, 15) is 4.79 Å². The molecule has 0 saturated carbocycles. The molecule has 0 spiro atoms. The van der Waals surface area contributed by atoms with Crippen molar-refractivity contribution in [2.45, 2.75) is 45.6 Å². The van der Waals surface area contributed by atoms with Gasteiger partial charge in [-0.05, 0) is 18.1 Å². The van der Waals surface area contributed by atoms with E-state index in [1.807, 2.05) is 24.3 Å². The first kappa shape index (κ1) is 16.3. The molecule has 0 aromatic heterocycles. The second kappa shape index (κ2) is 10.1. The van der Waals surface area contributed by atoms with Crippen LogP contribution in [0, 0.1) is 11.8 Å². The van der Waals surface area contributed by atoms with Crippen LogP contribution in [0.3, 0.4) is 0 Å². The van der Waals surface area contributed by atoms with Gasteiger partial charge in [0.05, 0.1) is 0 Å². The van der Waals surface area contributed by atoms with E-state index in [1.54, 1.807) is 0 Å². The summed E-state index contributed by atoms with van der Waals surface area (Å²) in [6.45, 7) is 2.49. The third-order valence-corrected chi connectivity index (χ3v) is 3.05. The van der Waals surface area contributed by atoms with Gasteiger partial charge in [0.2, 0.25) is 5.91 Å². The highest BCUT2D eigenvalue weighted by Gasteiger charge is 2.03. The molecule has 0 unspecified atom stereocenters. The number of rotatable bonds is 7. The van der Waals surface area contributed by atoms with E-state index in [4.69, 9.17) is 5.11 Å². The Labute approximate surface area is 121 Å². The fourth-order valence-electron chi connectivity index (χ4n) is 1.93. The van der Waals surface area contributed by atoms with Crippen molar-refractivity contribution in [3.05, 3.63) is 35.4 Å². The van der Waals surface area contributed by atoms with Crippen molar-refractivity contribution in [2.75, 3.05) is 6.61 Å². The van der Waals surface area contributed by atoms with Gasteiger partial charge in [0.15, 0.2) is 0 Å². The number of benzene rings is 1. The number of aliphatic hydroxyl groups excluding tert-OH is 1. The molecule has 0 bridgehead atoms. The third kappa shape index (κ3) is 6.40. The Bertz CT molecular complexity index is 471. The summed E-state index contributed by atoms with van der Waals surface area (Å²) in [6, 6.07) is 7.66. The van der Waals surface area contributed by atoms with Gasteiger partial charge >= 0.3 is 0 Å². The molecule has 3 nitrogen and oxygen atoms in total. The zero-order chi connectivity index (χ0) is 14.6. The fourth-order valence-corrected chi connectivity index (χ4v) is 1.93. The SMILES string of the molecule is CCCCCCC(=O)NCc1ccccc1C#CCO. The first-order valence-electron chi connectivity index (χ1n) is 7.22. The third-order valence-electron chi connectivity index (χ3n) is 3.05. The molecule has 0 radical (unpaired) electrons. The van der Waals surface area contributed by atoms with Crippen molar-refractivity contribution >= 4 is 5.91 Å². The highest BCUT2D eigenvalue weighted by Crippen LogP contribution is 2.07. The average Bonchev–Trinajstić information content (AvgIpc) is 2.48. The van der Waals surface area contributed by atoms with E-state index in [0.29, 0.717) is 13.0 Å². The average molecular weight is 273 g/mol. The summed E-state index contributed by atoms with van der Waals surface area (Å²) in [4.78, 5) is 11.7. The Morgan fingerprint density at radius 1 is 1.25 bits per heavy atom. The normalized spacial score (nSPS) is 9.70. The van der Waals surface area contributed by atoms with Crippen LogP contribution in [-0.2, 0) is 11.3 Å². The van der Waals surface area contributed by atoms with Crippen LogP contribution in [-0.4, -0.2) is 17.6 Å². The van der Waals surface area contributed by atoms with E-state index >= 15 is 0 Å². The molecule has 0 aliphatic rings. The van der Waals surface area contributed by atoms with Crippen LogP contribution in [0.25, 0.3) is 0 Å². The van der Waals surface area contributed by atoms with Gasteiger partial charge in [-0.1, -0.05) is 56.2 Å². The lowest BCUT2D eigenvalue weighted by atomic mass is 10.1. The van der Waals surface area contributed by atoms with E-state index in [-0.39, 0.29) is 12.5 Å². The number of hydrogen-bond donors (Lipinski definition) is 2. The molecule has 0 fully saturated rings. The Morgan fingerprint density at radius 3 is 2.80 bits per heavy atom. The number of aliphatic hydroxyl groups is 1. The molecule has 3 heteroatoms. The van der Waals surface area contributed by atoms with E-state index in [2.05, 4.69) is 24.1 Å². The van der Waals surface area contributed by atoms with Gasteiger partial charge in [0.1, 0.15) is 6.61 Å². The van der Waals surface area contributed by atoms with E-state index < -0.39 is 0 Å². The lowest BCUT2D eigenvalue weighted by Crippen LogP contribution is -2.22. The first-order valence-corrected chi connectivity index (χ1v) is 7.22. The van der Waals surface area contributed by atoms with Crippen molar-refractivity contribution < 1.29 is 9.90 Å². The summed E-state index contributed by atoms with van der Waals surface area (Å²) < 4.78 is 0. The van der Waals surface area contributed by atoms with Crippen molar-refractivity contribution in [1.82, 2.24) is 5.32 Å². The molecule has 0 aliphatic carbocycles. The number of carbonyl (C=O) groups excluding carboxylic acids is 1. The Kier molecular flexibility index (Phi) is 8.17. The number of hydrogen-bond acceptors (Lipinski definition) is 2. The molecule has 2 N–H and O–H groups in total. The molecule has 1 aromatic rings. The fraction of sp³-hybridized carbons (Fsp3) is 0.471. The van der Waals surface area contributed by atoms with Crippen molar-refractivity contribution in [3.63, 3.8) is 0 Å². The molecule has 0 aliphatic heterocycles. The summed E-state index contributed by atoms with van der Waals surface area (Å²) in [6.07, 6.45) is 5.02. The Hall–Kier alpha value is -1.79. The van der Waals surface area contributed by atoms with Gasteiger partial charge < -0.3 is 10.4 Å². The molecular weight excluding hydrogens is 250 g/mol. The van der Waals surface area contributed by atoms with Gasteiger partial charge in [0, 0.05) is 18.5 Å². The largest absolute Gasteiger partial charge is 0.384 e. The molecule has 0 saturated heterocycles. The number of nitrogens with one attached hydrogen (secondary N) is 1. The molecule has 1 aromatic carbocycles. The maximum absolute atomic E-state index is 11.7. The second-order valence-corrected chi connectivity index (χ2v) is 4.70. The van der Waals surface area contributed by atoms with Gasteiger partial charge in [-0.25, -0.2) is 0 Å². The summed E-state index contributed by atoms with van der Waals surface area (Å²) in [7, 11) is 0. The van der Waals surface area contributed by atoms with Crippen LogP contribution in [0.15, 0.2) is 24.3 Å². The van der Waals surface area contributed by atoms with Crippen LogP contribution in [0.4, 0.5) is 0 Å². The second-order valence-electron chi connectivity index (χ2n) is 4.70. The summed E-state index contributed by atoms with van der Waals surface area (Å²) >= 11 is 0. The Morgan fingerprint density at radius 2 is 2.05 bits per heavy atom. The zero-order valence-electron chi connectivity index (χ0n) is 12.1. The highest BCUT2D eigenvalue weighted by molar-refractivity contribution is 5.75. The highest BCUT2D eigenvalue weighted by atomic mass is 16.2. The summed E-state index contributed by atoms with van der Waals surface area (Å²) in [5, 5.41) is 11.7. The van der Waals surface area contributed by atoms with Crippen LogP contribution >= 0.6 is 0 Å². The summed E-state index contributed by atoms with van der Waals surface area (Å²) in [5.74, 6) is 5.62. The monoisotopic (exact) mass is 273 g/mol. The molecule has 20 heavy (non-hydrogen) atoms. The predicted octanol–water partition coefficient (Wildman–Crippen LogP) is 2.62. The van der Waals surface area contributed by atoms with E-state index in [1.165, 1.54) is 12.8 Å².